The van der Waals surface area contributed by atoms with Crippen LogP contribution in [0.2, 0.25) is 0 Å². The Labute approximate surface area is 117 Å². The van der Waals surface area contributed by atoms with E-state index in [9.17, 15) is 4.39 Å². The zero-order valence-electron chi connectivity index (χ0n) is 9.95. The van der Waals surface area contributed by atoms with Gasteiger partial charge < -0.3 is 10.1 Å². The van der Waals surface area contributed by atoms with Gasteiger partial charge in [0.15, 0.2) is 11.6 Å². The van der Waals surface area contributed by atoms with Crippen molar-refractivity contribution in [3.63, 3.8) is 0 Å². The van der Waals surface area contributed by atoms with Crippen LogP contribution in [0.25, 0.3) is 0 Å². The van der Waals surface area contributed by atoms with Crippen molar-refractivity contribution in [2.24, 2.45) is 5.84 Å². The molecular formula is C11H11BrFN5O. The van der Waals surface area contributed by atoms with Crippen molar-refractivity contribution < 1.29 is 9.13 Å². The van der Waals surface area contributed by atoms with Crippen LogP contribution < -0.4 is 21.3 Å². The summed E-state index contributed by atoms with van der Waals surface area (Å²) in [4.78, 5) is 7.53. The third-order valence-corrected chi connectivity index (χ3v) is 2.94. The Bertz CT molecular complexity index is 595. The molecule has 0 amide bonds. The van der Waals surface area contributed by atoms with Gasteiger partial charge in [0.2, 0.25) is 5.95 Å². The zero-order valence-corrected chi connectivity index (χ0v) is 11.5. The number of hydrogen-bond acceptors (Lipinski definition) is 6. The summed E-state index contributed by atoms with van der Waals surface area (Å²) in [5.74, 6) is 5.35. The van der Waals surface area contributed by atoms with Gasteiger partial charge in [-0.15, -0.1) is 0 Å². The topological polar surface area (TPSA) is 85.1 Å². The Hall–Kier alpha value is -1.93. The van der Waals surface area contributed by atoms with Gasteiger partial charge >= 0.3 is 0 Å². The van der Waals surface area contributed by atoms with E-state index in [1.54, 1.807) is 25.3 Å². The predicted molar refractivity (Wildman–Crippen MR) is 73.8 cm³/mol. The smallest absolute Gasteiger partial charge is 0.239 e. The first kappa shape index (κ1) is 13.5. The number of aromatic nitrogens is 2. The van der Waals surface area contributed by atoms with E-state index in [2.05, 4.69) is 36.6 Å². The standard InChI is InChI=1S/C11H11BrFN5O/c1-19-9-4-6(2-3-7(9)12)16-10-8(13)5-15-11(17-10)18-14/h2-5H,14H2,1H3,(H2,15,16,17,18). The van der Waals surface area contributed by atoms with Crippen molar-refractivity contribution >= 4 is 33.4 Å². The Morgan fingerprint density at radius 3 is 2.89 bits per heavy atom. The highest BCUT2D eigenvalue weighted by molar-refractivity contribution is 9.10. The molecular weight excluding hydrogens is 317 g/mol. The summed E-state index contributed by atoms with van der Waals surface area (Å²) >= 11 is 3.33. The maximum Gasteiger partial charge on any atom is 0.239 e. The highest BCUT2D eigenvalue weighted by Crippen LogP contribution is 2.29. The van der Waals surface area contributed by atoms with Crippen LogP contribution in [-0.2, 0) is 0 Å². The molecule has 2 rings (SSSR count). The monoisotopic (exact) mass is 327 g/mol. The number of rotatable bonds is 4. The van der Waals surface area contributed by atoms with Crippen molar-refractivity contribution in [3.05, 3.63) is 34.7 Å². The Kier molecular flexibility index (Phi) is 4.13. The molecule has 0 fully saturated rings. The summed E-state index contributed by atoms with van der Waals surface area (Å²) < 4.78 is 19.5. The van der Waals surface area contributed by atoms with Gasteiger partial charge in [0.05, 0.1) is 17.8 Å². The van der Waals surface area contributed by atoms with Crippen molar-refractivity contribution in [1.82, 2.24) is 9.97 Å². The number of methoxy groups -OCH3 is 1. The van der Waals surface area contributed by atoms with Gasteiger partial charge in [-0.25, -0.2) is 15.2 Å². The summed E-state index contributed by atoms with van der Waals surface area (Å²) in [7, 11) is 1.55. The number of benzene rings is 1. The first-order valence-corrected chi connectivity index (χ1v) is 6.03. The SMILES string of the molecule is COc1cc(Nc2nc(NN)ncc2F)ccc1Br. The predicted octanol–water partition coefficient (Wildman–Crippen LogP) is 2.42. The van der Waals surface area contributed by atoms with E-state index in [1.807, 2.05) is 0 Å². The lowest BCUT2D eigenvalue weighted by Gasteiger charge is -2.10. The Morgan fingerprint density at radius 2 is 2.21 bits per heavy atom. The molecule has 6 nitrogen and oxygen atoms in total. The van der Waals surface area contributed by atoms with E-state index in [1.165, 1.54) is 0 Å². The van der Waals surface area contributed by atoms with E-state index in [0.29, 0.717) is 11.4 Å². The van der Waals surface area contributed by atoms with Gasteiger partial charge in [-0.05, 0) is 28.1 Å². The largest absolute Gasteiger partial charge is 0.495 e. The molecule has 0 saturated carbocycles. The molecule has 0 radical (unpaired) electrons. The van der Waals surface area contributed by atoms with E-state index in [4.69, 9.17) is 10.6 Å². The molecule has 0 saturated heterocycles. The van der Waals surface area contributed by atoms with Gasteiger partial charge in [0, 0.05) is 11.8 Å². The molecule has 0 bridgehead atoms. The normalized spacial score (nSPS) is 10.1. The fourth-order valence-electron chi connectivity index (χ4n) is 1.40. The molecule has 0 aliphatic heterocycles. The van der Waals surface area contributed by atoms with Gasteiger partial charge in [-0.2, -0.15) is 4.98 Å². The number of nitrogens with zero attached hydrogens (tertiary/aromatic N) is 2. The van der Waals surface area contributed by atoms with Crippen molar-refractivity contribution in [2.45, 2.75) is 0 Å². The number of anilines is 3. The number of halogens is 2. The molecule has 19 heavy (non-hydrogen) atoms. The lowest BCUT2D eigenvalue weighted by atomic mass is 10.3. The third kappa shape index (κ3) is 3.09. The molecule has 0 unspecified atom stereocenters. The van der Waals surface area contributed by atoms with Crippen LogP contribution in [0.5, 0.6) is 5.75 Å². The summed E-state index contributed by atoms with van der Waals surface area (Å²) in [6.07, 6.45) is 1.03. The average molecular weight is 328 g/mol. The molecule has 100 valence electrons. The molecule has 0 aliphatic rings. The van der Waals surface area contributed by atoms with Crippen LogP contribution in [0.3, 0.4) is 0 Å². The van der Waals surface area contributed by atoms with Gasteiger partial charge in [-0.1, -0.05) is 0 Å². The maximum absolute atomic E-state index is 13.6. The summed E-state index contributed by atoms with van der Waals surface area (Å²) in [5.41, 5.74) is 2.88. The maximum atomic E-state index is 13.6. The van der Waals surface area contributed by atoms with Crippen molar-refractivity contribution in [1.29, 1.82) is 0 Å². The number of nitrogen functional groups attached to an aromatic ring is 1. The lowest BCUT2D eigenvalue weighted by Crippen LogP contribution is -2.12. The van der Waals surface area contributed by atoms with Crippen LogP contribution in [-0.4, -0.2) is 17.1 Å². The quantitative estimate of drug-likeness (QED) is 0.590. The number of hydrogen-bond donors (Lipinski definition) is 3. The molecule has 1 heterocycles. The van der Waals surface area contributed by atoms with E-state index in [0.717, 1.165) is 10.7 Å². The van der Waals surface area contributed by atoms with Gasteiger partial charge in [-0.3, -0.25) is 5.43 Å². The van der Waals surface area contributed by atoms with Gasteiger partial charge in [0.25, 0.3) is 0 Å². The second-order valence-electron chi connectivity index (χ2n) is 3.51. The first-order chi connectivity index (χ1) is 9.13. The van der Waals surface area contributed by atoms with E-state index in [-0.39, 0.29) is 11.8 Å². The van der Waals surface area contributed by atoms with E-state index >= 15 is 0 Å². The second-order valence-corrected chi connectivity index (χ2v) is 4.36. The van der Waals surface area contributed by atoms with Crippen LogP contribution in [0, 0.1) is 5.82 Å². The number of ether oxygens (including phenoxy) is 1. The van der Waals surface area contributed by atoms with Crippen molar-refractivity contribution in [3.8, 4) is 5.75 Å². The number of nitrogens with two attached hydrogens (primary N) is 1. The average Bonchev–Trinajstić information content (AvgIpc) is 2.43. The minimum absolute atomic E-state index is 0.0207. The zero-order chi connectivity index (χ0) is 13.8. The van der Waals surface area contributed by atoms with Gasteiger partial charge in [0.1, 0.15) is 5.75 Å². The highest BCUT2D eigenvalue weighted by Gasteiger charge is 2.08. The van der Waals surface area contributed by atoms with E-state index < -0.39 is 5.82 Å². The molecule has 1 aromatic heterocycles. The molecule has 0 spiro atoms. The molecule has 8 heteroatoms. The van der Waals surface area contributed by atoms with Crippen LogP contribution in [0.4, 0.5) is 21.8 Å². The molecule has 1 aromatic carbocycles. The number of nitrogens with one attached hydrogen (secondary N) is 2. The summed E-state index contributed by atoms with van der Waals surface area (Å²) in [6, 6.07) is 5.24. The fourth-order valence-corrected chi connectivity index (χ4v) is 1.81. The van der Waals surface area contributed by atoms with Crippen LogP contribution in [0.15, 0.2) is 28.9 Å². The fraction of sp³-hybridized carbons (Fsp3) is 0.0909. The second kappa shape index (κ2) is 5.81. The Balaban J connectivity index is 2.30. The minimum atomic E-state index is -0.583. The number of hydrazine groups is 1. The van der Waals surface area contributed by atoms with Crippen LogP contribution in [0.1, 0.15) is 0 Å². The Morgan fingerprint density at radius 1 is 1.42 bits per heavy atom. The first-order valence-electron chi connectivity index (χ1n) is 5.23. The third-order valence-electron chi connectivity index (χ3n) is 2.29. The van der Waals surface area contributed by atoms with Crippen molar-refractivity contribution in [2.75, 3.05) is 17.9 Å². The minimum Gasteiger partial charge on any atom is -0.495 e. The highest BCUT2D eigenvalue weighted by atomic mass is 79.9. The molecule has 2 aromatic rings. The molecule has 0 aliphatic carbocycles. The summed E-state index contributed by atoms with van der Waals surface area (Å²) in [6.45, 7) is 0. The lowest BCUT2D eigenvalue weighted by molar-refractivity contribution is 0.412. The summed E-state index contributed by atoms with van der Waals surface area (Å²) in [5, 5.41) is 2.83. The molecule has 4 N–H and O–H groups in total. The molecule has 0 atom stereocenters. The van der Waals surface area contributed by atoms with Crippen LogP contribution >= 0.6 is 15.9 Å².